The fraction of sp³-hybridized carbons (Fsp3) is 0.889. The number of fused-ring (bicyclic) bond motifs is 7. The third kappa shape index (κ3) is 6.31. The molecule has 1 aliphatic heterocycles. The van der Waals surface area contributed by atoms with Crippen molar-refractivity contribution in [2.75, 3.05) is 26.2 Å². The second kappa shape index (κ2) is 14.1. The van der Waals surface area contributed by atoms with E-state index in [-0.39, 0.29) is 75.7 Å². The zero-order valence-corrected chi connectivity index (χ0v) is 35.3. The Morgan fingerprint density at radius 3 is 2.19 bits per heavy atom. The highest BCUT2D eigenvalue weighted by molar-refractivity contribution is 5.77. The average molecular weight is 753 g/mol. The lowest BCUT2D eigenvalue weighted by molar-refractivity contribution is -0.263. The zero-order chi connectivity index (χ0) is 39.8. The van der Waals surface area contributed by atoms with Crippen molar-refractivity contribution in [2.45, 2.75) is 175 Å². The van der Waals surface area contributed by atoms with Gasteiger partial charge in [-0.2, -0.15) is 0 Å². The van der Waals surface area contributed by atoms with Crippen molar-refractivity contribution in [1.29, 1.82) is 0 Å². The van der Waals surface area contributed by atoms with E-state index in [1.54, 1.807) is 0 Å². The molecule has 0 aromatic rings. The molecule has 1 saturated heterocycles. The lowest BCUT2D eigenvalue weighted by atomic mass is 9.29. The van der Waals surface area contributed by atoms with Crippen LogP contribution in [-0.4, -0.2) is 71.2 Å². The van der Waals surface area contributed by atoms with Crippen LogP contribution in [0.25, 0.3) is 0 Å². The van der Waals surface area contributed by atoms with Gasteiger partial charge >= 0.3 is 11.9 Å². The molecule has 0 spiro atoms. The summed E-state index contributed by atoms with van der Waals surface area (Å²) in [6, 6.07) is 0. The lowest BCUT2D eigenvalue weighted by Crippen LogP contribution is -2.81. The molecule has 9 nitrogen and oxygen atoms in total. The van der Waals surface area contributed by atoms with E-state index in [9.17, 15) is 19.5 Å². The summed E-state index contributed by atoms with van der Waals surface area (Å²) in [5.41, 5.74) is 14.7. The molecule has 0 bridgehead atoms. The molecule has 6 aliphatic rings. The first kappa shape index (κ1) is 41.7. The van der Waals surface area contributed by atoms with Crippen LogP contribution in [0.4, 0.5) is 0 Å². The minimum Gasteiger partial charge on any atom is -0.481 e. The van der Waals surface area contributed by atoms with E-state index >= 15 is 0 Å². The molecule has 6 N–H and O–H groups in total. The molecule has 0 aromatic heterocycles. The van der Waals surface area contributed by atoms with Gasteiger partial charge in [-0.3, -0.25) is 14.4 Å². The Labute approximate surface area is 326 Å². The molecule has 4 unspecified atom stereocenters. The van der Waals surface area contributed by atoms with Crippen LogP contribution in [0.5, 0.6) is 0 Å². The first-order valence-electron chi connectivity index (χ1n) is 21.7. The Morgan fingerprint density at radius 1 is 0.870 bits per heavy atom. The highest BCUT2D eigenvalue weighted by Gasteiger charge is 2.78. The van der Waals surface area contributed by atoms with Crippen molar-refractivity contribution >= 4 is 17.8 Å². The van der Waals surface area contributed by atoms with Crippen LogP contribution in [0.15, 0.2) is 12.2 Å². The number of hydrogen-bond donors (Lipinski definition) is 4. The summed E-state index contributed by atoms with van der Waals surface area (Å²) in [6.45, 7) is 26.5. The second-order valence-electron chi connectivity index (χ2n) is 21.7. The van der Waals surface area contributed by atoms with Gasteiger partial charge in [0.05, 0.1) is 12.8 Å². The number of carbonyl (C=O) groups is 3. The molecule has 6 fully saturated rings. The molecule has 1 heterocycles. The van der Waals surface area contributed by atoms with E-state index < -0.39 is 22.5 Å². The molecule has 9 heteroatoms. The number of likely N-dealkylation sites (tertiary alicyclic amines) is 1. The lowest BCUT2D eigenvalue weighted by Gasteiger charge is -2.78. The number of ether oxygens (including phenoxy) is 1. The first-order valence-corrected chi connectivity index (χ1v) is 21.7. The van der Waals surface area contributed by atoms with Crippen LogP contribution < -0.4 is 16.8 Å². The van der Waals surface area contributed by atoms with Gasteiger partial charge in [0.25, 0.3) is 0 Å². The first-order chi connectivity index (χ1) is 25.0. The summed E-state index contributed by atoms with van der Waals surface area (Å²) in [4.78, 5) is 41.1. The van der Waals surface area contributed by atoms with Gasteiger partial charge in [-0.05, 0) is 155 Å². The SMILES string of the molecule is C=C(C)[C@@H]1CC[C@]2(CC(=O)NCCCN3CCCC3)CC[C@]3(C)C(CC[C@]4(N)C5(C)CCC(OC(=O)CC(C)(C)CC(=O)O)C(C)(C)[C@@H]5CCC43C)[C@@]12N. The topological polar surface area (TPSA) is 148 Å². The van der Waals surface area contributed by atoms with Crippen molar-refractivity contribution in [2.24, 2.45) is 61.7 Å². The molecular formula is C45H76N4O5. The molecule has 5 saturated carbocycles. The molecule has 10 atom stereocenters. The molecular weight excluding hydrogens is 677 g/mol. The van der Waals surface area contributed by atoms with Crippen molar-refractivity contribution in [3.05, 3.63) is 12.2 Å². The number of rotatable bonds is 12. The molecule has 306 valence electrons. The van der Waals surface area contributed by atoms with Crippen LogP contribution in [0.3, 0.4) is 0 Å². The van der Waals surface area contributed by atoms with Crippen molar-refractivity contribution in [1.82, 2.24) is 10.2 Å². The number of nitrogens with one attached hydrogen (secondary N) is 1. The third-order valence-corrected chi connectivity index (χ3v) is 18.1. The molecule has 54 heavy (non-hydrogen) atoms. The van der Waals surface area contributed by atoms with E-state index in [0.29, 0.717) is 6.42 Å². The van der Waals surface area contributed by atoms with Gasteiger partial charge in [0, 0.05) is 29.5 Å². The minimum atomic E-state index is -0.903. The molecule has 6 rings (SSSR count). The quantitative estimate of drug-likeness (QED) is 0.0906. The van der Waals surface area contributed by atoms with Gasteiger partial charge in [-0.25, -0.2) is 0 Å². The number of nitrogens with zero attached hydrogens (tertiary/aromatic N) is 1. The van der Waals surface area contributed by atoms with E-state index in [0.717, 1.165) is 89.3 Å². The number of amides is 1. The highest BCUT2D eigenvalue weighted by Crippen LogP contribution is 2.79. The maximum Gasteiger partial charge on any atom is 0.306 e. The van der Waals surface area contributed by atoms with Gasteiger partial charge < -0.3 is 31.5 Å². The number of aliphatic carboxylic acids is 1. The van der Waals surface area contributed by atoms with E-state index in [2.05, 4.69) is 58.3 Å². The van der Waals surface area contributed by atoms with Crippen molar-refractivity contribution in [3.63, 3.8) is 0 Å². The van der Waals surface area contributed by atoms with Crippen LogP contribution in [0, 0.1) is 50.2 Å². The summed E-state index contributed by atoms with van der Waals surface area (Å²) in [5.74, 6) is -0.384. The predicted octanol–water partition coefficient (Wildman–Crippen LogP) is 7.60. The van der Waals surface area contributed by atoms with Crippen LogP contribution in [0.2, 0.25) is 0 Å². The third-order valence-electron chi connectivity index (χ3n) is 18.1. The van der Waals surface area contributed by atoms with Crippen molar-refractivity contribution in [3.8, 4) is 0 Å². The fourth-order valence-electron chi connectivity index (χ4n) is 15.0. The number of esters is 1. The van der Waals surface area contributed by atoms with Gasteiger partial charge in [0.2, 0.25) is 5.91 Å². The largest absolute Gasteiger partial charge is 0.481 e. The number of nitrogens with two attached hydrogens (primary N) is 2. The maximum atomic E-state index is 13.8. The van der Waals surface area contributed by atoms with Gasteiger partial charge in [-0.1, -0.05) is 60.6 Å². The average Bonchev–Trinajstić information content (AvgIpc) is 3.67. The second-order valence-corrected chi connectivity index (χ2v) is 21.7. The number of carboxylic acid groups (broad SMARTS) is 1. The fourth-order valence-corrected chi connectivity index (χ4v) is 15.0. The van der Waals surface area contributed by atoms with Gasteiger partial charge in [0.1, 0.15) is 6.10 Å². The Kier molecular flexibility index (Phi) is 10.9. The summed E-state index contributed by atoms with van der Waals surface area (Å²) in [6.07, 6.45) is 13.2. The standard InChI is InChI=1S/C45H76N4O5/c1-30(2)31-13-19-43(27-35(50)48-23-12-26-49-24-10-11-25-49)22-21-40(7)33(45(31,43)47)15-20-44(46)41(8)17-16-34(39(5,6)32(41)14-18-42(40,44)9)54-37(53)29-38(3,4)28-36(51)52/h31-34H,1,10-29,46-47H2,2-9H3,(H,48,50)(H,51,52)/t31-,32-,33?,34?,40+,41?,42?,43+,44-,45-/m0/s1. The normalized spacial score (nSPS) is 42.9. The Hall–Kier alpha value is -1.97. The Morgan fingerprint density at radius 2 is 1.54 bits per heavy atom. The number of carboxylic acids is 1. The maximum absolute atomic E-state index is 13.8. The summed E-state index contributed by atoms with van der Waals surface area (Å²) in [7, 11) is 0. The molecule has 0 radical (unpaired) electrons. The summed E-state index contributed by atoms with van der Waals surface area (Å²) in [5, 5.41) is 12.7. The number of hydrogen-bond acceptors (Lipinski definition) is 7. The van der Waals surface area contributed by atoms with Gasteiger partial charge in [-0.15, -0.1) is 0 Å². The highest BCUT2D eigenvalue weighted by atomic mass is 16.5. The summed E-state index contributed by atoms with van der Waals surface area (Å²) < 4.78 is 6.28. The van der Waals surface area contributed by atoms with Crippen LogP contribution >= 0.6 is 0 Å². The molecule has 5 aliphatic carbocycles. The monoisotopic (exact) mass is 753 g/mol. The molecule has 0 aromatic carbocycles. The minimum absolute atomic E-state index is 0.0740. The van der Waals surface area contributed by atoms with E-state index in [1.165, 1.54) is 25.9 Å². The van der Waals surface area contributed by atoms with Crippen LogP contribution in [0.1, 0.15) is 158 Å². The van der Waals surface area contributed by atoms with Crippen LogP contribution in [-0.2, 0) is 19.1 Å². The van der Waals surface area contributed by atoms with Crippen molar-refractivity contribution < 1.29 is 24.2 Å². The zero-order valence-electron chi connectivity index (χ0n) is 35.3. The predicted molar refractivity (Wildman–Crippen MR) is 214 cm³/mol. The smallest absolute Gasteiger partial charge is 0.306 e. The van der Waals surface area contributed by atoms with Gasteiger partial charge in [0.15, 0.2) is 0 Å². The molecule has 1 amide bonds. The summed E-state index contributed by atoms with van der Waals surface area (Å²) >= 11 is 0. The van der Waals surface area contributed by atoms with E-state index in [4.69, 9.17) is 16.2 Å². The Bertz CT molecular complexity index is 1490. The number of carbonyl (C=O) groups excluding carboxylic acids is 2. The Balaban J connectivity index is 1.23. The van der Waals surface area contributed by atoms with E-state index in [1.807, 2.05) is 13.8 Å².